The zero-order valence-electron chi connectivity index (χ0n) is 12.7. The third kappa shape index (κ3) is 2.46. The molecule has 1 aliphatic carbocycles. The van der Waals surface area contributed by atoms with Gasteiger partial charge in [0.25, 0.3) is 5.91 Å². The molecule has 3 aliphatic rings. The zero-order valence-corrected chi connectivity index (χ0v) is 12.7. The van der Waals surface area contributed by atoms with Gasteiger partial charge in [-0.3, -0.25) is 9.69 Å². The molecule has 2 aliphatic heterocycles. The summed E-state index contributed by atoms with van der Waals surface area (Å²) in [6, 6.07) is 6.41. The number of carbonyl (C=O) groups is 1. The fraction of sp³-hybridized carbons (Fsp3) is 0.647. The predicted octanol–water partition coefficient (Wildman–Crippen LogP) is 2.16. The first-order valence-electron chi connectivity index (χ1n) is 8.24. The van der Waals surface area contributed by atoms with E-state index in [0.717, 1.165) is 30.6 Å². The molecule has 4 nitrogen and oxygen atoms in total. The molecule has 112 valence electrons. The molecule has 0 aromatic carbocycles. The summed E-state index contributed by atoms with van der Waals surface area (Å²) in [5.74, 6) is 1.77. The molecular weight excluding hydrogens is 262 g/mol. The highest BCUT2D eigenvalue weighted by Crippen LogP contribution is 2.44. The summed E-state index contributed by atoms with van der Waals surface area (Å²) in [6.45, 7) is 6.40. The first-order valence-corrected chi connectivity index (χ1v) is 8.24. The average Bonchev–Trinajstić information content (AvgIpc) is 3.13. The van der Waals surface area contributed by atoms with Gasteiger partial charge in [-0.1, -0.05) is 19.4 Å². The van der Waals surface area contributed by atoms with Gasteiger partial charge in [0.2, 0.25) is 0 Å². The molecule has 3 fully saturated rings. The third-order valence-electron chi connectivity index (χ3n) is 5.31. The lowest BCUT2D eigenvalue weighted by molar-refractivity contribution is 0.0758. The summed E-state index contributed by atoms with van der Waals surface area (Å²) in [6.07, 6.45) is 3.65. The van der Waals surface area contributed by atoms with Crippen LogP contribution in [-0.4, -0.2) is 46.4 Å². The molecule has 1 aromatic rings. The SMILES string of the molecule is CCC1CN(Cc2cccc(C(=O)N3CCC4CC43)n2)C1. The smallest absolute Gasteiger partial charge is 0.272 e. The van der Waals surface area contributed by atoms with E-state index in [1.807, 2.05) is 23.1 Å². The third-order valence-corrected chi connectivity index (χ3v) is 5.31. The van der Waals surface area contributed by atoms with Crippen molar-refractivity contribution < 1.29 is 4.79 Å². The van der Waals surface area contributed by atoms with Crippen molar-refractivity contribution in [3.8, 4) is 0 Å². The second-order valence-electron chi connectivity index (χ2n) is 6.83. The number of carbonyl (C=O) groups excluding carboxylic acids is 1. The summed E-state index contributed by atoms with van der Waals surface area (Å²) in [5.41, 5.74) is 1.66. The topological polar surface area (TPSA) is 36.4 Å². The van der Waals surface area contributed by atoms with Crippen LogP contribution >= 0.6 is 0 Å². The second kappa shape index (κ2) is 5.09. The molecule has 2 unspecified atom stereocenters. The van der Waals surface area contributed by atoms with Gasteiger partial charge in [-0.05, 0) is 36.8 Å². The Balaban J connectivity index is 1.42. The highest BCUT2D eigenvalue weighted by molar-refractivity contribution is 5.93. The molecule has 0 bridgehead atoms. The molecule has 0 spiro atoms. The molecule has 2 saturated heterocycles. The van der Waals surface area contributed by atoms with Crippen molar-refractivity contribution in [2.45, 2.75) is 38.8 Å². The van der Waals surface area contributed by atoms with Crippen molar-refractivity contribution in [3.05, 3.63) is 29.6 Å². The van der Waals surface area contributed by atoms with Crippen LogP contribution in [0.15, 0.2) is 18.2 Å². The Bertz CT molecular complexity index is 553. The number of fused-ring (bicyclic) bond motifs is 1. The quantitative estimate of drug-likeness (QED) is 0.850. The minimum Gasteiger partial charge on any atom is -0.334 e. The Labute approximate surface area is 126 Å². The van der Waals surface area contributed by atoms with Crippen molar-refractivity contribution in [3.63, 3.8) is 0 Å². The monoisotopic (exact) mass is 285 g/mol. The molecule has 1 amide bonds. The second-order valence-corrected chi connectivity index (χ2v) is 6.83. The van der Waals surface area contributed by atoms with E-state index in [9.17, 15) is 4.79 Å². The highest BCUT2D eigenvalue weighted by atomic mass is 16.2. The van der Waals surface area contributed by atoms with E-state index in [1.165, 1.54) is 32.4 Å². The normalized spacial score (nSPS) is 28.3. The van der Waals surface area contributed by atoms with Gasteiger partial charge in [0, 0.05) is 32.2 Å². The van der Waals surface area contributed by atoms with Crippen LogP contribution in [0.25, 0.3) is 0 Å². The lowest BCUT2D eigenvalue weighted by atomic mass is 9.97. The number of likely N-dealkylation sites (tertiary alicyclic amines) is 2. The lowest BCUT2D eigenvalue weighted by Gasteiger charge is -2.38. The van der Waals surface area contributed by atoms with Crippen molar-refractivity contribution in [1.29, 1.82) is 0 Å². The summed E-state index contributed by atoms with van der Waals surface area (Å²) in [4.78, 5) is 21.6. The Morgan fingerprint density at radius 2 is 2.24 bits per heavy atom. The predicted molar refractivity (Wildman–Crippen MR) is 80.8 cm³/mol. The minimum atomic E-state index is 0.136. The average molecular weight is 285 g/mol. The van der Waals surface area contributed by atoms with Crippen LogP contribution < -0.4 is 0 Å². The van der Waals surface area contributed by atoms with Gasteiger partial charge in [0.1, 0.15) is 5.69 Å². The molecule has 0 N–H and O–H groups in total. The van der Waals surface area contributed by atoms with E-state index in [4.69, 9.17) is 0 Å². The molecule has 1 saturated carbocycles. The van der Waals surface area contributed by atoms with E-state index in [0.29, 0.717) is 11.7 Å². The zero-order chi connectivity index (χ0) is 14.4. The number of pyridine rings is 1. The molecule has 21 heavy (non-hydrogen) atoms. The maximum absolute atomic E-state index is 12.6. The Kier molecular flexibility index (Phi) is 3.21. The summed E-state index contributed by atoms with van der Waals surface area (Å²) < 4.78 is 0. The maximum atomic E-state index is 12.6. The largest absolute Gasteiger partial charge is 0.334 e. The van der Waals surface area contributed by atoms with Crippen LogP contribution in [0.3, 0.4) is 0 Å². The number of hydrogen-bond acceptors (Lipinski definition) is 3. The molecular formula is C17H23N3O. The van der Waals surface area contributed by atoms with Gasteiger partial charge in [0.05, 0.1) is 5.69 Å². The fourth-order valence-electron chi connectivity index (χ4n) is 3.77. The van der Waals surface area contributed by atoms with E-state index in [2.05, 4.69) is 16.8 Å². The summed E-state index contributed by atoms with van der Waals surface area (Å²) in [7, 11) is 0. The van der Waals surface area contributed by atoms with Crippen molar-refractivity contribution in [2.24, 2.45) is 11.8 Å². The van der Waals surface area contributed by atoms with E-state index >= 15 is 0 Å². The molecule has 0 radical (unpaired) electrons. The van der Waals surface area contributed by atoms with Gasteiger partial charge in [-0.15, -0.1) is 0 Å². The first kappa shape index (κ1) is 13.3. The van der Waals surface area contributed by atoms with Gasteiger partial charge < -0.3 is 4.90 Å². The van der Waals surface area contributed by atoms with E-state index in [-0.39, 0.29) is 5.91 Å². The van der Waals surface area contributed by atoms with E-state index < -0.39 is 0 Å². The standard InChI is InChI=1S/C17H23N3O/c1-2-12-9-19(10-12)11-14-4-3-5-15(18-14)17(21)20-7-6-13-8-16(13)20/h3-5,12-13,16H,2,6-11H2,1H3. The molecule has 4 rings (SSSR count). The lowest BCUT2D eigenvalue weighted by Crippen LogP contribution is -2.45. The number of nitrogens with zero attached hydrogens (tertiary/aromatic N) is 3. The van der Waals surface area contributed by atoms with Crippen LogP contribution in [0.2, 0.25) is 0 Å². The molecule has 1 aromatic heterocycles. The summed E-state index contributed by atoms with van der Waals surface area (Å²) >= 11 is 0. The first-order chi connectivity index (χ1) is 10.2. The Morgan fingerprint density at radius 3 is 2.90 bits per heavy atom. The highest BCUT2D eigenvalue weighted by Gasteiger charge is 2.49. The number of amides is 1. The fourth-order valence-corrected chi connectivity index (χ4v) is 3.77. The Hall–Kier alpha value is -1.42. The van der Waals surface area contributed by atoms with Gasteiger partial charge in [-0.25, -0.2) is 4.98 Å². The van der Waals surface area contributed by atoms with Gasteiger partial charge >= 0.3 is 0 Å². The van der Waals surface area contributed by atoms with Gasteiger partial charge in [0.15, 0.2) is 0 Å². The van der Waals surface area contributed by atoms with E-state index in [1.54, 1.807) is 0 Å². The number of piperidine rings is 1. The number of hydrogen-bond donors (Lipinski definition) is 0. The van der Waals surface area contributed by atoms with Crippen molar-refractivity contribution >= 4 is 5.91 Å². The Morgan fingerprint density at radius 1 is 1.38 bits per heavy atom. The number of rotatable bonds is 4. The number of aromatic nitrogens is 1. The molecule has 3 heterocycles. The van der Waals surface area contributed by atoms with Crippen LogP contribution in [0.4, 0.5) is 0 Å². The summed E-state index contributed by atoms with van der Waals surface area (Å²) in [5, 5.41) is 0. The minimum absolute atomic E-state index is 0.136. The maximum Gasteiger partial charge on any atom is 0.272 e. The van der Waals surface area contributed by atoms with Crippen molar-refractivity contribution in [1.82, 2.24) is 14.8 Å². The van der Waals surface area contributed by atoms with Crippen LogP contribution in [0, 0.1) is 11.8 Å². The molecule has 2 atom stereocenters. The van der Waals surface area contributed by atoms with Crippen LogP contribution in [0.5, 0.6) is 0 Å². The van der Waals surface area contributed by atoms with Crippen LogP contribution in [-0.2, 0) is 6.54 Å². The van der Waals surface area contributed by atoms with Crippen molar-refractivity contribution in [2.75, 3.05) is 19.6 Å². The van der Waals surface area contributed by atoms with Crippen LogP contribution in [0.1, 0.15) is 42.4 Å². The molecule has 4 heteroatoms. The van der Waals surface area contributed by atoms with Gasteiger partial charge in [-0.2, -0.15) is 0 Å².